The highest BCUT2D eigenvalue weighted by Gasteiger charge is 2.24. The van der Waals surface area contributed by atoms with E-state index in [1.54, 1.807) is 11.7 Å². The third-order valence-electron chi connectivity index (χ3n) is 3.71. The molecule has 0 aliphatic rings. The van der Waals surface area contributed by atoms with Crippen LogP contribution in [0.4, 0.5) is 0 Å². The molecular weight excluding hydrogens is 272 g/mol. The molecule has 1 aromatic heterocycles. The van der Waals surface area contributed by atoms with Gasteiger partial charge in [-0.05, 0) is 36.5 Å². The molecule has 20 heavy (non-hydrogen) atoms. The molecule has 1 aromatic carbocycles. The molecule has 1 atom stereocenters. The van der Waals surface area contributed by atoms with Gasteiger partial charge in [0.2, 0.25) is 0 Å². The fourth-order valence-electron chi connectivity index (χ4n) is 2.32. The lowest BCUT2D eigenvalue weighted by atomic mass is 9.95. The second kappa shape index (κ2) is 5.58. The summed E-state index contributed by atoms with van der Waals surface area (Å²) in [4.78, 5) is 0. The van der Waals surface area contributed by atoms with Gasteiger partial charge < -0.3 is 5.11 Å². The number of aryl methyl sites for hydroxylation is 3. The van der Waals surface area contributed by atoms with Gasteiger partial charge in [-0.15, -0.1) is 0 Å². The third kappa shape index (κ3) is 2.60. The van der Waals surface area contributed by atoms with E-state index in [9.17, 15) is 5.11 Å². The van der Waals surface area contributed by atoms with Gasteiger partial charge in [0.15, 0.2) is 0 Å². The lowest BCUT2D eigenvalue weighted by Crippen LogP contribution is -2.04. The normalized spacial score (nSPS) is 13.0. The molecular formula is C16H21ClN2O. The van der Waals surface area contributed by atoms with Crippen LogP contribution in [0.2, 0.25) is 5.15 Å². The number of rotatable bonds is 3. The number of halogens is 1. The molecule has 108 valence electrons. The van der Waals surface area contributed by atoms with E-state index in [0.29, 0.717) is 10.7 Å². The summed E-state index contributed by atoms with van der Waals surface area (Å²) < 4.78 is 1.62. The number of benzene rings is 1. The highest BCUT2D eigenvalue weighted by molar-refractivity contribution is 6.30. The Labute approximate surface area is 125 Å². The van der Waals surface area contributed by atoms with E-state index in [4.69, 9.17) is 11.6 Å². The van der Waals surface area contributed by atoms with Crippen molar-refractivity contribution in [3.05, 3.63) is 51.3 Å². The van der Waals surface area contributed by atoms with Gasteiger partial charge in [0, 0.05) is 12.6 Å². The van der Waals surface area contributed by atoms with Crippen LogP contribution in [0, 0.1) is 13.8 Å². The number of aromatic nitrogens is 2. The van der Waals surface area contributed by atoms with Crippen molar-refractivity contribution in [2.24, 2.45) is 7.05 Å². The molecule has 2 aromatic rings. The first-order valence-corrected chi connectivity index (χ1v) is 7.18. The van der Waals surface area contributed by atoms with E-state index in [2.05, 4.69) is 25.9 Å². The maximum absolute atomic E-state index is 10.7. The maximum atomic E-state index is 10.7. The summed E-state index contributed by atoms with van der Waals surface area (Å²) in [6, 6.07) is 5.97. The molecule has 0 aliphatic carbocycles. The number of nitrogens with zero attached hydrogens (tertiary/aromatic N) is 2. The van der Waals surface area contributed by atoms with E-state index in [1.165, 1.54) is 5.56 Å². The minimum atomic E-state index is -0.743. The van der Waals surface area contributed by atoms with Crippen molar-refractivity contribution < 1.29 is 5.11 Å². The first-order valence-electron chi connectivity index (χ1n) is 6.80. The summed E-state index contributed by atoms with van der Waals surface area (Å²) in [6.07, 6.45) is -0.743. The lowest BCUT2D eigenvalue weighted by molar-refractivity contribution is 0.218. The van der Waals surface area contributed by atoms with E-state index >= 15 is 0 Å². The fraction of sp³-hybridized carbons (Fsp3) is 0.438. The zero-order chi connectivity index (χ0) is 15.0. The van der Waals surface area contributed by atoms with Crippen LogP contribution in [0.3, 0.4) is 0 Å². The average molecular weight is 293 g/mol. The van der Waals surface area contributed by atoms with Crippen LogP contribution < -0.4 is 0 Å². The molecule has 0 amide bonds. The van der Waals surface area contributed by atoms with E-state index in [0.717, 1.165) is 16.8 Å². The first-order chi connectivity index (χ1) is 9.32. The highest BCUT2D eigenvalue weighted by Crippen LogP contribution is 2.34. The molecule has 0 radical (unpaired) electrons. The quantitative estimate of drug-likeness (QED) is 0.932. The largest absolute Gasteiger partial charge is 0.383 e. The van der Waals surface area contributed by atoms with Gasteiger partial charge in [0.25, 0.3) is 0 Å². The number of hydrogen-bond donors (Lipinski definition) is 1. The molecule has 0 saturated heterocycles. The van der Waals surface area contributed by atoms with Gasteiger partial charge in [-0.2, -0.15) is 5.10 Å². The Kier molecular flexibility index (Phi) is 4.21. The van der Waals surface area contributed by atoms with Crippen molar-refractivity contribution in [1.29, 1.82) is 0 Å². The summed E-state index contributed by atoms with van der Waals surface area (Å²) in [6.45, 7) is 8.20. The zero-order valence-corrected chi connectivity index (χ0v) is 13.4. The summed E-state index contributed by atoms with van der Waals surface area (Å²) in [5, 5.41) is 15.6. The van der Waals surface area contributed by atoms with Crippen molar-refractivity contribution in [3.8, 4) is 0 Å². The Hall–Kier alpha value is -1.32. The van der Waals surface area contributed by atoms with E-state index in [1.807, 2.05) is 25.1 Å². The Balaban J connectivity index is 2.52. The van der Waals surface area contributed by atoms with Crippen LogP contribution in [-0.2, 0) is 7.05 Å². The molecule has 1 N–H and O–H groups in total. The van der Waals surface area contributed by atoms with Crippen molar-refractivity contribution in [3.63, 3.8) is 0 Å². The second-order valence-corrected chi connectivity index (χ2v) is 5.97. The standard InChI is InChI=1S/C16H21ClN2O/c1-9(2)14-13(16(17)19(5)18-14)15(20)12-7-6-10(3)11(4)8-12/h6-9,15,20H,1-5H3. The Bertz CT molecular complexity index is 632. The van der Waals surface area contributed by atoms with E-state index < -0.39 is 6.10 Å². The van der Waals surface area contributed by atoms with Gasteiger partial charge >= 0.3 is 0 Å². The van der Waals surface area contributed by atoms with Crippen molar-refractivity contribution in [2.75, 3.05) is 0 Å². The average Bonchev–Trinajstić information content (AvgIpc) is 2.69. The smallest absolute Gasteiger partial charge is 0.133 e. The van der Waals surface area contributed by atoms with Crippen LogP contribution >= 0.6 is 11.6 Å². The molecule has 0 saturated carbocycles. The molecule has 0 aliphatic heterocycles. The summed E-state index contributed by atoms with van der Waals surface area (Å²) in [7, 11) is 1.80. The first kappa shape index (κ1) is 15.1. The van der Waals surface area contributed by atoms with Gasteiger partial charge in [-0.1, -0.05) is 43.6 Å². The SMILES string of the molecule is Cc1ccc(C(O)c2c(C(C)C)nn(C)c2Cl)cc1C. The number of aliphatic hydroxyl groups excluding tert-OH is 1. The van der Waals surface area contributed by atoms with Crippen LogP contribution in [0.15, 0.2) is 18.2 Å². The van der Waals surface area contributed by atoms with Crippen molar-refractivity contribution in [2.45, 2.75) is 39.7 Å². The molecule has 4 heteroatoms. The summed E-state index contributed by atoms with van der Waals surface area (Å²) >= 11 is 6.31. The number of hydrogen-bond acceptors (Lipinski definition) is 2. The summed E-state index contributed by atoms with van der Waals surface area (Å²) in [5.74, 6) is 0.213. The Morgan fingerprint density at radius 2 is 1.85 bits per heavy atom. The minimum Gasteiger partial charge on any atom is -0.383 e. The minimum absolute atomic E-state index is 0.213. The van der Waals surface area contributed by atoms with Crippen molar-refractivity contribution >= 4 is 11.6 Å². The Morgan fingerprint density at radius 3 is 2.40 bits per heavy atom. The second-order valence-electron chi connectivity index (χ2n) is 5.61. The van der Waals surface area contributed by atoms with Crippen molar-refractivity contribution in [1.82, 2.24) is 9.78 Å². The van der Waals surface area contributed by atoms with Gasteiger partial charge in [-0.3, -0.25) is 4.68 Å². The van der Waals surface area contributed by atoms with Gasteiger partial charge in [-0.25, -0.2) is 0 Å². The van der Waals surface area contributed by atoms with Gasteiger partial charge in [0.05, 0.1) is 5.69 Å². The predicted octanol–water partition coefficient (Wildman–Crippen LogP) is 3.90. The highest BCUT2D eigenvalue weighted by atomic mass is 35.5. The van der Waals surface area contributed by atoms with Crippen LogP contribution in [-0.4, -0.2) is 14.9 Å². The maximum Gasteiger partial charge on any atom is 0.133 e. The Morgan fingerprint density at radius 1 is 1.20 bits per heavy atom. The molecule has 2 rings (SSSR count). The molecule has 0 spiro atoms. The van der Waals surface area contributed by atoms with Crippen LogP contribution in [0.5, 0.6) is 0 Å². The lowest BCUT2D eigenvalue weighted by Gasteiger charge is -2.15. The third-order valence-corrected chi connectivity index (χ3v) is 4.16. The topological polar surface area (TPSA) is 38.1 Å². The molecule has 1 heterocycles. The van der Waals surface area contributed by atoms with Gasteiger partial charge in [0.1, 0.15) is 11.3 Å². The molecule has 1 unspecified atom stereocenters. The van der Waals surface area contributed by atoms with Crippen LogP contribution in [0.1, 0.15) is 53.8 Å². The fourth-order valence-corrected chi connectivity index (χ4v) is 2.56. The van der Waals surface area contributed by atoms with E-state index in [-0.39, 0.29) is 5.92 Å². The molecule has 3 nitrogen and oxygen atoms in total. The monoisotopic (exact) mass is 292 g/mol. The summed E-state index contributed by atoms with van der Waals surface area (Å²) in [5.41, 5.74) is 4.79. The zero-order valence-electron chi connectivity index (χ0n) is 12.6. The molecule has 0 fully saturated rings. The number of aliphatic hydroxyl groups is 1. The molecule has 0 bridgehead atoms. The van der Waals surface area contributed by atoms with Crippen LogP contribution in [0.25, 0.3) is 0 Å². The predicted molar refractivity (Wildman–Crippen MR) is 82.3 cm³/mol.